The number of carboxylic acids is 1. The van der Waals surface area contributed by atoms with E-state index in [-0.39, 0.29) is 68.4 Å². The Kier molecular flexibility index (Phi) is 18.1. The molecule has 1 unspecified atom stereocenters. The molecule has 4 fully saturated rings. The normalized spacial score (nSPS) is 19.6. The number of likely N-dealkylation sites (tertiary alicyclic amines) is 2. The molecular formula is C48H56N4O13. The summed E-state index contributed by atoms with van der Waals surface area (Å²) in [6, 6.07) is 32.3. The molecule has 4 aromatic rings. The summed E-state index contributed by atoms with van der Waals surface area (Å²) in [6.45, 7) is 1.87. The van der Waals surface area contributed by atoms with Crippen LogP contribution in [0.15, 0.2) is 103 Å². The smallest absolute Gasteiger partial charge is 0.416 e. The maximum absolute atomic E-state index is 13.1. The number of methoxy groups -OCH3 is 3. The number of imide groups is 1. The molecule has 17 nitrogen and oxygen atoms in total. The highest BCUT2D eigenvalue weighted by molar-refractivity contribution is 5.98. The maximum atomic E-state index is 13.1. The van der Waals surface area contributed by atoms with Crippen molar-refractivity contribution >= 4 is 35.9 Å². The first-order valence-corrected chi connectivity index (χ1v) is 21.0. The zero-order valence-electron chi connectivity index (χ0n) is 36.9. The molecule has 4 aliphatic rings. The van der Waals surface area contributed by atoms with E-state index in [0.29, 0.717) is 43.4 Å². The van der Waals surface area contributed by atoms with E-state index in [1.165, 1.54) is 10.5 Å². The summed E-state index contributed by atoms with van der Waals surface area (Å²) in [6.07, 6.45) is 0.595. The third kappa shape index (κ3) is 13.4. The average Bonchev–Trinajstić information content (AvgIpc) is 4.11. The molecule has 4 aromatic carbocycles. The second-order valence-corrected chi connectivity index (χ2v) is 15.4. The van der Waals surface area contributed by atoms with Gasteiger partial charge in [0.2, 0.25) is 17.7 Å². The molecule has 4 heterocycles. The Morgan fingerprint density at radius 3 is 1.77 bits per heavy atom. The second-order valence-electron chi connectivity index (χ2n) is 15.4. The number of ether oxygens (including phenoxy) is 5. The lowest BCUT2D eigenvalue weighted by molar-refractivity contribution is -0.141. The Morgan fingerprint density at radius 2 is 1.22 bits per heavy atom. The summed E-state index contributed by atoms with van der Waals surface area (Å²) in [4.78, 5) is 75.8. The van der Waals surface area contributed by atoms with Crippen LogP contribution in [-0.2, 0) is 54.6 Å². The summed E-state index contributed by atoms with van der Waals surface area (Å²) >= 11 is 0. The average molecular weight is 897 g/mol. The van der Waals surface area contributed by atoms with Gasteiger partial charge in [0.1, 0.15) is 30.5 Å². The molecule has 0 bridgehead atoms. The summed E-state index contributed by atoms with van der Waals surface area (Å²) in [5.41, 5.74) is 3.95. The highest BCUT2D eigenvalue weighted by Crippen LogP contribution is 2.30. The highest BCUT2D eigenvalue weighted by Gasteiger charge is 2.44. The van der Waals surface area contributed by atoms with Gasteiger partial charge in [0.25, 0.3) is 0 Å². The Bertz CT molecular complexity index is 2240. The van der Waals surface area contributed by atoms with Crippen molar-refractivity contribution in [2.45, 2.75) is 50.9 Å². The third-order valence-electron chi connectivity index (χ3n) is 11.1. The molecule has 0 aromatic heterocycles. The molecule has 0 radical (unpaired) electrons. The standard InChI is InChI=1S/C23H24N2O5.C14H17NO5.C10H11NO2.CH4O/c1-29-20-10-6-5-9-17(20)13-24-14-18(12-21(24)26)22(27)25-19(15-30-23(25)28)11-16-7-3-2-4-8-16;1-19-11-4-3-9(12(6-11)20-2)7-15-8-10(14(17)18)5-13(15)16;12-10-11-9(7-13-10)6-8-4-2-1-3-5-8;1-2/h2-10,18-19H,11-15H2,1H3;3-4,6,10H,5,7-8H2,1-2H3,(H,17,18);1-5,9H,6-7H2,(H,11,12);2H,1H3/t18-,19-;;9-;/m0.0./s1. The van der Waals surface area contributed by atoms with Crippen molar-refractivity contribution < 1.29 is 62.7 Å². The van der Waals surface area contributed by atoms with Crippen LogP contribution in [0.2, 0.25) is 0 Å². The van der Waals surface area contributed by atoms with Gasteiger partial charge < -0.3 is 49.0 Å². The number of carbonyl (C=O) groups excluding carboxylic acids is 5. The number of hydrogen-bond donors (Lipinski definition) is 3. The number of aliphatic hydroxyl groups is 1. The van der Waals surface area contributed by atoms with Crippen molar-refractivity contribution in [2.75, 3.05) is 54.7 Å². The third-order valence-corrected chi connectivity index (χ3v) is 11.1. The summed E-state index contributed by atoms with van der Waals surface area (Å²) in [5, 5.41) is 18.7. The molecule has 346 valence electrons. The van der Waals surface area contributed by atoms with Gasteiger partial charge in [-0.25, -0.2) is 14.5 Å². The number of para-hydroxylation sites is 1. The van der Waals surface area contributed by atoms with Crippen LogP contribution in [0.1, 0.15) is 35.1 Å². The van der Waals surface area contributed by atoms with Crippen molar-refractivity contribution in [3.63, 3.8) is 0 Å². The van der Waals surface area contributed by atoms with Crippen LogP contribution in [0.5, 0.6) is 17.2 Å². The Hall–Kier alpha value is -7.14. The number of hydrogen-bond acceptors (Lipinski definition) is 12. The molecule has 17 heteroatoms. The van der Waals surface area contributed by atoms with E-state index in [4.69, 9.17) is 33.9 Å². The summed E-state index contributed by atoms with van der Waals surface area (Å²) < 4.78 is 25.7. The van der Waals surface area contributed by atoms with Gasteiger partial charge in [-0.2, -0.15) is 0 Å². The number of cyclic esters (lactones) is 2. The molecule has 65 heavy (non-hydrogen) atoms. The van der Waals surface area contributed by atoms with E-state index in [9.17, 15) is 28.8 Å². The van der Waals surface area contributed by atoms with E-state index in [1.807, 2.05) is 91.0 Å². The van der Waals surface area contributed by atoms with Crippen LogP contribution < -0.4 is 19.5 Å². The molecule has 4 aliphatic heterocycles. The van der Waals surface area contributed by atoms with Crippen LogP contribution in [0.4, 0.5) is 9.59 Å². The molecule has 8 rings (SSSR count). The molecule has 4 atom stereocenters. The molecule has 5 amide bonds. The summed E-state index contributed by atoms with van der Waals surface area (Å²) in [7, 11) is 5.70. The van der Waals surface area contributed by atoms with Gasteiger partial charge in [-0.3, -0.25) is 19.2 Å². The number of carbonyl (C=O) groups is 6. The lowest BCUT2D eigenvalue weighted by Crippen LogP contribution is -2.44. The zero-order valence-corrected chi connectivity index (χ0v) is 36.9. The second kappa shape index (κ2) is 24.1. The molecule has 4 saturated heterocycles. The monoisotopic (exact) mass is 896 g/mol. The summed E-state index contributed by atoms with van der Waals surface area (Å²) in [5.74, 6) is -0.703. The van der Waals surface area contributed by atoms with E-state index >= 15 is 0 Å². The molecule has 0 aliphatic carbocycles. The number of nitrogens with one attached hydrogen (secondary N) is 1. The minimum Gasteiger partial charge on any atom is -0.497 e. The molecular weight excluding hydrogens is 841 g/mol. The number of nitrogens with zero attached hydrogens (tertiary/aromatic N) is 3. The predicted molar refractivity (Wildman–Crippen MR) is 236 cm³/mol. The van der Waals surface area contributed by atoms with Gasteiger partial charge in [-0.1, -0.05) is 78.9 Å². The zero-order chi connectivity index (χ0) is 46.9. The lowest BCUT2D eigenvalue weighted by Gasteiger charge is -2.23. The molecule has 0 saturated carbocycles. The largest absolute Gasteiger partial charge is 0.497 e. The fraction of sp³-hybridized carbons (Fsp3) is 0.375. The van der Waals surface area contributed by atoms with Gasteiger partial charge in [-0.15, -0.1) is 0 Å². The molecule has 3 N–H and O–H groups in total. The van der Waals surface area contributed by atoms with Gasteiger partial charge in [0.15, 0.2) is 0 Å². The van der Waals surface area contributed by atoms with E-state index in [1.54, 1.807) is 43.3 Å². The van der Waals surface area contributed by atoms with Crippen molar-refractivity contribution in [3.05, 3.63) is 125 Å². The fourth-order valence-corrected chi connectivity index (χ4v) is 7.81. The van der Waals surface area contributed by atoms with Gasteiger partial charge in [0.05, 0.1) is 45.2 Å². The van der Waals surface area contributed by atoms with E-state index in [0.717, 1.165) is 30.2 Å². The number of amides is 5. The van der Waals surface area contributed by atoms with Crippen LogP contribution >= 0.6 is 0 Å². The predicted octanol–water partition coefficient (Wildman–Crippen LogP) is 4.72. The minimum absolute atomic E-state index is 0.0633. The topological polar surface area (TPSA) is 211 Å². The van der Waals surface area contributed by atoms with Crippen molar-refractivity contribution in [1.82, 2.24) is 20.0 Å². The number of carboxylic acid groups (broad SMARTS) is 1. The van der Waals surface area contributed by atoms with Crippen molar-refractivity contribution in [3.8, 4) is 17.2 Å². The van der Waals surface area contributed by atoms with Gasteiger partial charge in [-0.05, 0) is 42.2 Å². The number of rotatable bonds is 13. The van der Waals surface area contributed by atoms with Gasteiger partial charge in [0, 0.05) is 63.3 Å². The van der Waals surface area contributed by atoms with Gasteiger partial charge >= 0.3 is 18.2 Å². The number of aliphatic hydroxyl groups excluding tert-OH is 1. The number of alkyl carbamates (subject to hydrolysis) is 1. The first-order chi connectivity index (χ1) is 31.5. The fourth-order valence-electron chi connectivity index (χ4n) is 7.81. The molecule has 0 spiro atoms. The SMILES string of the molecule is CO.COc1ccc(CN2CC(C(=O)O)CC2=O)c(OC)c1.COc1ccccc1CN1C[C@@H](C(=O)N2C(=O)OC[C@@H]2Cc2ccccc2)CC1=O.O=C1N[C@@H](Cc2ccccc2)CO1. The number of aliphatic carboxylic acids is 1. The van der Waals surface area contributed by atoms with Crippen LogP contribution in [0.3, 0.4) is 0 Å². The first-order valence-electron chi connectivity index (χ1n) is 21.0. The highest BCUT2D eigenvalue weighted by atomic mass is 16.6. The van der Waals surface area contributed by atoms with Crippen molar-refractivity contribution in [2.24, 2.45) is 11.8 Å². The Morgan fingerprint density at radius 1 is 0.662 bits per heavy atom. The van der Waals surface area contributed by atoms with Crippen LogP contribution in [0.25, 0.3) is 0 Å². The van der Waals surface area contributed by atoms with E-state index < -0.39 is 23.9 Å². The quantitative estimate of drug-likeness (QED) is 0.166. The maximum Gasteiger partial charge on any atom is 0.416 e. The van der Waals surface area contributed by atoms with Crippen molar-refractivity contribution in [1.29, 1.82) is 0 Å². The van der Waals surface area contributed by atoms with E-state index in [2.05, 4.69) is 5.32 Å². The Balaban J connectivity index is 0.000000195. The lowest BCUT2D eigenvalue weighted by atomic mass is 10.0. The van der Waals surface area contributed by atoms with Crippen LogP contribution in [-0.4, -0.2) is 128 Å². The number of benzene rings is 4. The first kappa shape index (κ1) is 48.9. The minimum atomic E-state index is -0.928. The Labute approximate surface area is 377 Å². The van der Waals surface area contributed by atoms with Crippen LogP contribution in [0, 0.1) is 11.8 Å².